The summed E-state index contributed by atoms with van der Waals surface area (Å²) in [7, 11) is 2.07. The van der Waals surface area contributed by atoms with E-state index in [1.165, 1.54) is 18.5 Å². The number of pyridine rings is 1. The highest BCUT2D eigenvalue weighted by atomic mass is 32.1. The van der Waals surface area contributed by atoms with Crippen molar-refractivity contribution in [1.82, 2.24) is 30.3 Å². The highest BCUT2D eigenvalue weighted by molar-refractivity contribution is 7.13. The van der Waals surface area contributed by atoms with Crippen LogP contribution in [0.5, 0.6) is 0 Å². The van der Waals surface area contributed by atoms with Gasteiger partial charge in [-0.1, -0.05) is 35.5 Å². The Labute approximate surface area is 214 Å². The van der Waals surface area contributed by atoms with Crippen LogP contribution in [-0.4, -0.2) is 57.6 Å². The van der Waals surface area contributed by atoms with E-state index in [2.05, 4.69) is 42.3 Å². The number of carbonyl (C=O) groups is 1. The zero-order chi connectivity index (χ0) is 26.0. The molecular weight excluding hydrogens is 505 g/mol. The Morgan fingerprint density at radius 3 is 2.59 bits per heavy atom. The number of aromatic nitrogens is 4. The van der Waals surface area contributed by atoms with Crippen molar-refractivity contribution in [3.8, 4) is 22.0 Å². The second kappa shape index (κ2) is 10.0. The van der Waals surface area contributed by atoms with Gasteiger partial charge in [-0.2, -0.15) is 18.2 Å². The highest BCUT2D eigenvalue weighted by Crippen LogP contribution is 2.37. The van der Waals surface area contributed by atoms with Crippen LogP contribution >= 0.6 is 11.3 Å². The minimum Gasteiger partial charge on any atom is -0.351 e. The van der Waals surface area contributed by atoms with Crippen LogP contribution in [0, 0.1) is 0 Å². The van der Waals surface area contributed by atoms with Crippen LogP contribution in [0.15, 0.2) is 58.7 Å². The summed E-state index contributed by atoms with van der Waals surface area (Å²) in [5.41, 5.74) is 1.98. The zero-order valence-corrected chi connectivity index (χ0v) is 20.6. The van der Waals surface area contributed by atoms with E-state index < -0.39 is 18.0 Å². The van der Waals surface area contributed by atoms with Gasteiger partial charge in [0.1, 0.15) is 5.01 Å². The molecule has 1 saturated heterocycles. The van der Waals surface area contributed by atoms with Crippen molar-refractivity contribution < 1.29 is 22.5 Å². The summed E-state index contributed by atoms with van der Waals surface area (Å²) < 4.78 is 42.7. The molecule has 0 aliphatic carbocycles. The molecule has 1 amide bonds. The second-order valence-electron chi connectivity index (χ2n) is 9.05. The number of benzene rings is 1. The van der Waals surface area contributed by atoms with Gasteiger partial charge < -0.3 is 14.7 Å². The molecular formula is C25H23F3N6O2S. The molecule has 1 aliphatic heterocycles. The number of rotatable bonds is 6. The Balaban J connectivity index is 1.35. The quantitative estimate of drug-likeness (QED) is 0.389. The molecule has 3 aromatic heterocycles. The van der Waals surface area contributed by atoms with E-state index in [1.807, 2.05) is 30.3 Å². The molecule has 0 unspecified atom stereocenters. The van der Waals surface area contributed by atoms with Gasteiger partial charge >= 0.3 is 12.1 Å². The molecule has 1 aliphatic rings. The van der Waals surface area contributed by atoms with E-state index >= 15 is 0 Å². The van der Waals surface area contributed by atoms with E-state index in [9.17, 15) is 18.0 Å². The molecule has 0 atom stereocenters. The van der Waals surface area contributed by atoms with Gasteiger partial charge in [0.05, 0.1) is 11.3 Å². The number of halogens is 3. The first-order chi connectivity index (χ1) is 17.7. The first-order valence-electron chi connectivity index (χ1n) is 11.6. The van der Waals surface area contributed by atoms with E-state index in [1.54, 1.807) is 11.3 Å². The van der Waals surface area contributed by atoms with Gasteiger partial charge in [-0.25, -0.2) is 4.98 Å². The molecule has 1 N–H and O–H groups in total. The van der Waals surface area contributed by atoms with Gasteiger partial charge in [-0.05, 0) is 39.0 Å². The molecule has 4 aromatic rings. The first-order valence-corrected chi connectivity index (χ1v) is 12.5. The molecule has 0 radical (unpaired) electrons. The Morgan fingerprint density at radius 1 is 1.14 bits per heavy atom. The SMILES string of the molecule is CN1CCC(CNC(=O)c2cncc(-c3noc(C(F)(F)F)n3)c2)(c2csc(-c3ccccc3)n2)CC1. The standard InChI is InChI=1S/C25H23F3N6O2S/c1-34-9-7-24(8-10-34,19-14-37-22(31-19)16-5-3-2-4-6-16)15-30-21(35)18-11-17(12-29-13-18)20-32-23(36-33-20)25(26,27)28/h2-6,11-14H,7-10,15H2,1H3,(H,30,35). The fourth-order valence-electron chi connectivity index (χ4n) is 4.29. The third kappa shape index (κ3) is 5.39. The van der Waals surface area contributed by atoms with Gasteiger partial charge in [-0.15, -0.1) is 11.3 Å². The number of hydrogen-bond acceptors (Lipinski definition) is 8. The summed E-state index contributed by atoms with van der Waals surface area (Å²) in [6, 6.07) is 11.3. The lowest BCUT2D eigenvalue weighted by molar-refractivity contribution is -0.159. The number of likely N-dealkylation sites (tertiary alicyclic amines) is 1. The molecule has 0 spiro atoms. The van der Waals surface area contributed by atoms with E-state index in [-0.39, 0.29) is 22.4 Å². The second-order valence-corrected chi connectivity index (χ2v) is 9.91. The lowest BCUT2D eigenvalue weighted by Crippen LogP contribution is -2.48. The van der Waals surface area contributed by atoms with Crippen LogP contribution in [0.2, 0.25) is 0 Å². The highest BCUT2D eigenvalue weighted by Gasteiger charge is 2.39. The third-order valence-electron chi connectivity index (χ3n) is 6.53. The van der Waals surface area contributed by atoms with Crippen molar-refractivity contribution in [2.24, 2.45) is 0 Å². The maximum absolute atomic E-state index is 13.1. The molecule has 1 aromatic carbocycles. The lowest BCUT2D eigenvalue weighted by Gasteiger charge is -2.39. The number of hydrogen-bond donors (Lipinski definition) is 1. The van der Waals surface area contributed by atoms with Gasteiger partial charge in [0.2, 0.25) is 5.82 Å². The normalized spacial score (nSPS) is 16.0. The maximum Gasteiger partial charge on any atom is 0.471 e. The lowest BCUT2D eigenvalue weighted by atomic mass is 9.76. The predicted octanol–water partition coefficient (Wildman–Crippen LogP) is 4.67. The Kier molecular flexibility index (Phi) is 6.78. The van der Waals surface area contributed by atoms with Gasteiger partial charge in [0, 0.05) is 40.9 Å². The van der Waals surface area contributed by atoms with Gasteiger partial charge in [0.15, 0.2) is 0 Å². The fourth-order valence-corrected chi connectivity index (χ4v) is 5.24. The Hall–Kier alpha value is -3.64. The number of nitrogens with zero attached hydrogens (tertiary/aromatic N) is 5. The van der Waals surface area contributed by atoms with Crippen molar-refractivity contribution in [3.05, 3.63) is 71.3 Å². The summed E-state index contributed by atoms with van der Waals surface area (Å²) in [4.78, 5) is 27.6. The van der Waals surface area contributed by atoms with Crippen molar-refractivity contribution >= 4 is 17.2 Å². The van der Waals surface area contributed by atoms with Crippen LogP contribution in [0.25, 0.3) is 22.0 Å². The predicted molar refractivity (Wildman–Crippen MR) is 131 cm³/mol. The minimum absolute atomic E-state index is 0.146. The van der Waals surface area contributed by atoms with Crippen LogP contribution in [0.4, 0.5) is 13.2 Å². The van der Waals surface area contributed by atoms with E-state index in [0.717, 1.165) is 42.2 Å². The number of amides is 1. The molecule has 8 nitrogen and oxygen atoms in total. The first kappa shape index (κ1) is 25.0. The monoisotopic (exact) mass is 528 g/mol. The average molecular weight is 529 g/mol. The number of nitrogens with one attached hydrogen (secondary N) is 1. The average Bonchev–Trinajstić information content (AvgIpc) is 3.60. The number of thiazole rings is 1. The number of carbonyl (C=O) groups excluding carboxylic acids is 1. The number of alkyl halides is 3. The molecule has 0 saturated carbocycles. The topological polar surface area (TPSA) is 97.0 Å². The van der Waals surface area contributed by atoms with Crippen LogP contribution in [0.1, 0.15) is 34.8 Å². The van der Waals surface area contributed by atoms with E-state index in [4.69, 9.17) is 4.98 Å². The fraction of sp³-hybridized carbons (Fsp3) is 0.320. The van der Waals surface area contributed by atoms with Crippen LogP contribution in [0.3, 0.4) is 0 Å². The van der Waals surface area contributed by atoms with Gasteiger partial charge in [-0.3, -0.25) is 9.78 Å². The maximum atomic E-state index is 13.1. The molecule has 0 bridgehead atoms. The van der Waals surface area contributed by atoms with Crippen LogP contribution < -0.4 is 5.32 Å². The third-order valence-corrected chi connectivity index (χ3v) is 7.42. The summed E-state index contributed by atoms with van der Waals surface area (Å²) >= 11 is 1.58. The minimum atomic E-state index is -4.76. The summed E-state index contributed by atoms with van der Waals surface area (Å²) in [6.07, 6.45) is -0.486. The Bertz CT molecular complexity index is 1380. The van der Waals surface area contributed by atoms with Crippen molar-refractivity contribution in [2.75, 3.05) is 26.7 Å². The molecule has 37 heavy (non-hydrogen) atoms. The van der Waals surface area contributed by atoms with Crippen molar-refractivity contribution in [1.29, 1.82) is 0 Å². The molecule has 4 heterocycles. The van der Waals surface area contributed by atoms with Crippen LogP contribution in [-0.2, 0) is 11.6 Å². The summed E-state index contributed by atoms with van der Waals surface area (Å²) in [5.74, 6) is -2.15. The Morgan fingerprint density at radius 2 is 1.89 bits per heavy atom. The molecule has 5 rings (SSSR count). The van der Waals surface area contributed by atoms with E-state index in [0.29, 0.717) is 6.54 Å². The summed E-state index contributed by atoms with van der Waals surface area (Å²) in [5, 5.41) is 9.36. The number of piperidine rings is 1. The smallest absolute Gasteiger partial charge is 0.351 e. The largest absolute Gasteiger partial charge is 0.471 e. The van der Waals surface area contributed by atoms with Crippen molar-refractivity contribution in [3.63, 3.8) is 0 Å². The summed E-state index contributed by atoms with van der Waals surface area (Å²) in [6.45, 7) is 2.09. The van der Waals surface area contributed by atoms with Crippen molar-refractivity contribution in [2.45, 2.75) is 24.4 Å². The molecule has 192 valence electrons. The van der Waals surface area contributed by atoms with Gasteiger partial charge in [0.25, 0.3) is 5.91 Å². The molecule has 12 heteroatoms. The molecule has 1 fully saturated rings. The zero-order valence-electron chi connectivity index (χ0n) is 19.8.